The summed E-state index contributed by atoms with van der Waals surface area (Å²) in [4.78, 5) is 24.9. The molecule has 1 saturated heterocycles. The van der Waals surface area contributed by atoms with Crippen LogP contribution in [0.4, 0.5) is 10.1 Å². The molecular formula is C14H13FN2O2. The van der Waals surface area contributed by atoms with Gasteiger partial charge in [-0.25, -0.2) is 9.29 Å². The van der Waals surface area contributed by atoms with Gasteiger partial charge in [0.2, 0.25) is 11.8 Å². The van der Waals surface area contributed by atoms with Crippen molar-refractivity contribution in [1.82, 2.24) is 0 Å². The fourth-order valence-corrected chi connectivity index (χ4v) is 2.20. The molecule has 2 amide bonds. The van der Waals surface area contributed by atoms with Crippen molar-refractivity contribution in [2.45, 2.75) is 26.7 Å². The molecule has 0 unspecified atom stereocenters. The number of halogens is 1. The van der Waals surface area contributed by atoms with Gasteiger partial charge in [-0.2, -0.15) is 5.26 Å². The second kappa shape index (κ2) is 4.47. The van der Waals surface area contributed by atoms with E-state index in [0.29, 0.717) is 0 Å². The Morgan fingerprint density at radius 3 is 2.32 bits per heavy atom. The van der Waals surface area contributed by atoms with E-state index in [1.54, 1.807) is 6.07 Å². The molecular weight excluding hydrogens is 247 g/mol. The molecule has 0 aromatic heterocycles. The number of nitrogens with zero attached hydrogens (tertiary/aromatic N) is 2. The van der Waals surface area contributed by atoms with Crippen molar-refractivity contribution in [3.05, 3.63) is 29.6 Å². The van der Waals surface area contributed by atoms with Crippen LogP contribution >= 0.6 is 0 Å². The second-order valence-corrected chi connectivity index (χ2v) is 5.42. The first-order valence-electron chi connectivity index (χ1n) is 5.89. The largest absolute Gasteiger partial charge is 0.274 e. The molecule has 0 radical (unpaired) electrons. The number of imide groups is 1. The summed E-state index contributed by atoms with van der Waals surface area (Å²) in [5, 5.41) is 8.67. The number of rotatable bonds is 1. The summed E-state index contributed by atoms with van der Waals surface area (Å²) in [5.74, 6) is -1.56. The highest BCUT2D eigenvalue weighted by molar-refractivity contribution is 6.17. The Balaban J connectivity index is 2.40. The molecule has 1 aliphatic rings. The minimum Gasteiger partial charge on any atom is -0.274 e. The number of carbonyl (C=O) groups is 2. The minimum atomic E-state index is -0.736. The average molecular weight is 260 g/mol. The molecule has 0 spiro atoms. The van der Waals surface area contributed by atoms with E-state index >= 15 is 0 Å². The number of hydrogen-bond donors (Lipinski definition) is 0. The Hall–Kier alpha value is -2.22. The number of amides is 2. The summed E-state index contributed by atoms with van der Waals surface area (Å²) in [6.07, 6.45) is 0.385. The van der Waals surface area contributed by atoms with Gasteiger partial charge in [0.25, 0.3) is 0 Å². The van der Waals surface area contributed by atoms with Crippen LogP contribution in [0.3, 0.4) is 0 Å². The molecule has 1 heterocycles. The van der Waals surface area contributed by atoms with Crippen LogP contribution in [-0.4, -0.2) is 11.8 Å². The molecule has 1 aromatic carbocycles. The fourth-order valence-electron chi connectivity index (χ4n) is 2.20. The van der Waals surface area contributed by atoms with E-state index in [9.17, 15) is 14.0 Å². The van der Waals surface area contributed by atoms with Crippen molar-refractivity contribution in [2.75, 3.05) is 4.90 Å². The van der Waals surface area contributed by atoms with Crippen molar-refractivity contribution < 1.29 is 14.0 Å². The van der Waals surface area contributed by atoms with Crippen LogP contribution in [0.5, 0.6) is 0 Å². The van der Waals surface area contributed by atoms with Crippen molar-refractivity contribution in [1.29, 1.82) is 5.26 Å². The number of hydrogen-bond acceptors (Lipinski definition) is 3. The van der Waals surface area contributed by atoms with Gasteiger partial charge in [0.15, 0.2) is 0 Å². The van der Waals surface area contributed by atoms with Gasteiger partial charge >= 0.3 is 0 Å². The van der Waals surface area contributed by atoms with Gasteiger partial charge in [0.05, 0.1) is 17.3 Å². The Kier molecular flexibility index (Phi) is 3.11. The molecule has 1 fully saturated rings. The van der Waals surface area contributed by atoms with E-state index in [-0.39, 0.29) is 24.1 Å². The predicted octanol–water partition coefficient (Wildman–Crippen LogP) is 2.38. The van der Waals surface area contributed by atoms with Crippen LogP contribution in [-0.2, 0) is 9.59 Å². The standard InChI is InChI=1S/C14H13FN2O2/c1-14(2)6-12(18)17(13(19)7-14)11-4-3-9(8-16)5-10(11)15/h3-5H,6-7H2,1-2H3. The lowest BCUT2D eigenvalue weighted by molar-refractivity contribution is -0.132. The Morgan fingerprint density at radius 1 is 1.26 bits per heavy atom. The third-order valence-corrected chi connectivity index (χ3v) is 3.08. The number of benzene rings is 1. The van der Waals surface area contributed by atoms with E-state index in [1.165, 1.54) is 12.1 Å². The van der Waals surface area contributed by atoms with Crippen molar-refractivity contribution in [3.8, 4) is 6.07 Å². The van der Waals surface area contributed by atoms with E-state index in [1.807, 2.05) is 13.8 Å². The first-order chi connectivity index (χ1) is 8.84. The molecule has 19 heavy (non-hydrogen) atoms. The number of piperidine rings is 1. The fraction of sp³-hybridized carbons (Fsp3) is 0.357. The molecule has 0 atom stereocenters. The summed E-state index contributed by atoms with van der Waals surface area (Å²) >= 11 is 0. The maximum absolute atomic E-state index is 13.9. The Labute approximate surface area is 110 Å². The molecule has 4 nitrogen and oxygen atoms in total. The highest BCUT2D eigenvalue weighted by atomic mass is 19.1. The number of carbonyl (C=O) groups excluding carboxylic acids is 2. The maximum Gasteiger partial charge on any atom is 0.234 e. The van der Waals surface area contributed by atoms with Crippen LogP contribution < -0.4 is 4.90 Å². The Bertz CT molecular complexity index is 582. The first kappa shape index (κ1) is 13.2. The molecule has 0 saturated carbocycles. The highest BCUT2D eigenvalue weighted by Gasteiger charge is 2.39. The van der Waals surface area contributed by atoms with Crippen LogP contribution in [0.15, 0.2) is 18.2 Å². The summed E-state index contributed by atoms with van der Waals surface area (Å²) in [5.41, 5.74) is -0.323. The van der Waals surface area contributed by atoms with Crippen molar-refractivity contribution >= 4 is 17.5 Å². The zero-order valence-corrected chi connectivity index (χ0v) is 10.7. The van der Waals surface area contributed by atoms with Crippen LogP contribution in [0.2, 0.25) is 0 Å². The summed E-state index contributed by atoms with van der Waals surface area (Å²) in [7, 11) is 0. The minimum absolute atomic E-state index is 0.0792. The quantitative estimate of drug-likeness (QED) is 0.728. The van der Waals surface area contributed by atoms with Gasteiger partial charge in [0, 0.05) is 12.8 Å². The molecule has 98 valence electrons. The Morgan fingerprint density at radius 2 is 1.84 bits per heavy atom. The maximum atomic E-state index is 13.9. The first-order valence-corrected chi connectivity index (χ1v) is 5.89. The van der Waals surface area contributed by atoms with Crippen LogP contribution in [0, 0.1) is 22.6 Å². The zero-order chi connectivity index (χ0) is 14.2. The molecule has 1 aliphatic heterocycles. The normalized spacial score (nSPS) is 18.3. The van der Waals surface area contributed by atoms with Gasteiger partial charge in [-0.1, -0.05) is 13.8 Å². The van der Waals surface area contributed by atoms with Gasteiger partial charge in [-0.15, -0.1) is 0 Å². The van der Waals surface area contributed by atoms with Crippen molar-refractivity contribution in [2.24, 2.45) is 5.41 Å². The summed E-state index contributed by atoms with van der Waals surface area (Å²) in [6, 6.07) is 5.51. The smallest absolute Gasteiger partial charge is 0.234 e. The van der Waals surface area contributed by atoms with E-state index in [4.69, 9.17) is 5.26 Å². The average Bonchev–Trinajstić information content (AvgIpc) is 2.28. The van der Waals surface area contributed by atoms with Gasteiger partial charge in [-0.3, -0.25) is 9.59 Å². The van der Waals surface area contributed by atoms with Gasteiger partial charge in [0.1, 0.15) is 5.82 Å². The lowest BCUT2D eigenvalue weighted by atomic mass is 9.81. The van der Waals surface area contributed by atoms with Crippen LogP contribution in [0.1, 0.15) is 32.3 Å². The van der Waals surface area contributed by atoms with Gasteiger partial charge in [-0.05, 0) is 23.6 Å². The monoisotopic (exact) mass is 260 g/mol. The molecule has 0 bridgehead atoms. The van der Waals surface area contributed by atoms with E-state index in [0.717, 1.165) is 11.0 Å². The second-order valence-electron chi connectivity index (χ2n) is 5.42. The predicted molar refractivity (Wildman–Crippen MR) is 66.6 cm³/mol. The number of nitriles is 1. The van der Waals surface area contributed by atoms with E-state index < -0.39 is 23.0 Å². The molecule has 0 aliphatic carbocycles. The lowest BCUT2D eigenvalue weighted by Gasteiger charge is -2.34. The third kappa shape index (κ3) is 2.48. The van der Waals surface area contributed by atoms with Gasteiger partial charge < -0.3 is 0 Å². The number of anilines is 1. The molecule has 0 N–H and O–H groups in total. The van der Waals surface area contributed by atoms with Crippen molar-refractivity contribution in [3.63, 3.8) is 0 Å². The summed E-state index contributed by atoms with van der Waals surface area (Å²) < 4.78 is 13.9. The zero-order valence-electron chi connectivity index (χ0n) is 10.7. The lowest BCUT2D eigenvalue weighted by Crippen LogP contribution is -2.46. The van der Waals surface area contributed by atoms with Crippen LogP contribution in [0.25, 0.3) is 0 Å². The topological polar surface area (TPSA) is 61.2 Å². The molecule has 1 aromatic rings. The SMILES string of the molecule is CC1(C)CC(=O)N(c2ccc(C#N)cc2F)C(=O)C1. The summed E-state index contributed by atoms with van der Waals surface area (Å²) in [6.45, 7) is 3.66. The molecule has 2 rings (SSSR count). The van der Waals surface area contributed by atoms with E-state index in [2.05, 4.69) is 0 Å². The third-order valence-electron chi connectivity index (χ3n) is 3.08. The highest BCUT2D eigenvalue weighted by Crippen LogP contribution is 2.34. The molecule has 5 heteroatoms.